The molecule has 740 valence electrons. The van der Waals surface area contributed by atoms with Crippen LogP contribution in [0.15, 0.2) is 44.5 Å². The third-order valence-electron chi connectivity index (χ3n) is 16.9. The topological polar surface area (TPSA) is 1040 Å². The zero-order chi connectivity index (χ0) is 97.2. The molecule has 4 saturated heterocycles. The van der Waals surface area contributed by atoms with E-state index in [4.69, 9.17) is 159 Å². The number of nitrogen functional groups attached to an aromatic ring is 4. The number of ether oxygens (including phenoxy) is 4. The van der Waals surface area contributed by atoms with Gasteiger partial charge in [0.2, 0.25) is 23.8 Å². The van der Waals surface area contributed by atoms with Gasteiger partial charge in [-0.2, -0.15) is 62.2 Å². The van der Waals surface area contributed by atoms with Crippen molar-refractivity contribution in [1.82, 2.24) is 86.7 Å². The van der Waals surface area contributed by atoms with Gasteiger partial charge in [0.1, 0.15) is 49.1 Å². The predicted molar refractivity (Wildman–Crippen MR) is 436 cm³/mol. The minimum absolute atomic E-state index is 0. The molecule has 4 aliphatic heterocycles. The summed E-state index contributed by atoms with van der Waals surface area (Å²) in [4.78, 5) is 182. The molecular formula is C48H88N24O44P8S4Y4. The van der Waals surface area contributed by atoms with Crippen molar-refractivity contribution in [1.29, 1.82) is 0 Å². The molecule has 4 aliphatic rings. The standard InChI is InChI=1S/2C13H21N6O8PS.2C11H17N6O8PS.4H3O3P.4Y/c1-6-9(27-29(23,24)18(2)3)7(4-25-28(21)22)26-12(6)19-5-15-8-10(19)16-13(14)17-11(8)20;1-6-7(4-25-28(21)22)26-12(9(6)27-29(23,24)18(2)3)19-5-15-8-10(19)16-13(14)17-11(8)20;1-4-7(25-27(13,21)22)5(2-23-26(19)20)24-10(4)17-3-14-6-8(17)15-11(12)16-9(6)18;1-4-5(2-23-26(19)20)24-10(7(4)25-27(13,21)22)17-3-14-6-8(17)15-11(12)16-9(6)18;4*1-4(2)3;;;;/h2*5-7,9,12,28H,4H2,1-3H3,(H,21,22)(H3,14,16,17,20);2*3-5,7,10,26H,2H2,1H3,(H,19,20)(H2,13,21,22)(H3,12,15,16,18);4*4H,(H2,1,2,3);;;;/t2*6?,7-,9?,12-;2*4?,5-,7?,10-;;;;;;;;/m1111......../s1. The summed E-state index contributed by atoms with van der Waals surface area (Å²) in [6.45, 7) is 5.13. The molecule has 4 fully saturated rings. The van der Waals surface area contributed by atoms with E-state index in [1.54, 1.807) is 27.7 Å². The Morgan fingerprint density at radius 2 is 0.553 bits per heavy atom. The summed E-state index contributed by atoms with van der Waals surface area (Å²) in [5.41, 5.74) is 20.3. The van der Waals surface area contributed by atoms with Crippen LogP contribution in [0.25, 0.3) is 44.7 Å². The maximum absolute atomic E-state index is 12.3. The van der Waals surface area contributed by atoms with E-state index in [0.717, 1.165) is 8.61 Å². The number of anilines is 4. The van der Waals surface area contributed by atoms with E-state index >= 15 is 0 Å². The second-order valence-corrected chi connectivity index (χ2v) is 37.4. The summed E-state index contributed by atoms with van der Waals surface area (Å²) < 4.78 is 243. The van der Waals surface area contributed by atoms with Crippen molar-refractivity contribution in [2.75, 3.05) is 77.6 Å². The Balaban J connectivity index is 0.000000824. The second-order valence-electron chi connectivity index (χ2n) is 25.9. The van der Waals surface area contributed by atoms with Crippen LogP contribution in [0.2, 0.25) is 0 Å². The quantitative estimate of drug-likeness (QED) is 0.0224. The fourth-order valence-electron chi connectivity index (χ4n) is 11.7. The molecule has 0 aliphatic carbocycles. The fraction of sp³-hybridized carbons (Fsp3) is 0.583. The third-order valence-corrected chi connectivity index (χ3v) is 22.3. The summed E-state index contributed by atoms with van der Waals surface area (Å²) in [7, 11) is -37.2. The first-order chi connectivity index (χ1) is 59.1. The minimum atomic E-state index is -4.36. The Labute approximate surface area is 846 Å². The van der Waals surface area contributed by atoms with Crippen LogP contribution in [0.3, 0.4) is 0 Å². The molecule has 0 spiro atoms. The van der Waals surface area contributed by atoms with Crippen LogP contribution in [-0.2, 0) is 262 Å². The molecular weight excluding hydrogens is 2350 g/mol. The van der Waals surface area contributed by atoms with Gasteiger partial charge < -0.3 is 119 Å². The number of imidazole rings is 4. The van der Waals surface area contributed by atoms with E-state index in [1.165, 1.54) is 71.8 Å². The molecule has 12 heterocycles. The summed E-state index contributed by atoms with van der Waals surface area (Å²) in [6, 6.07) is 0. The van der Waals surface area contributed by atoms with Crippen LogP contribution in [0, 0.1) is 23.7 Å². The predicted octanol–water partition coefficient (Wildman–Crippen LogP) is -8.47. The van der Waals surface area contributed by atoms with Crippen molar-refractivity contribution < 1.29 is 314 Å². The van der Waals surface area contributed by atoms with E-state index in [1.807, 2.05) is 0 Å². The number of aromatic amines is 4. The molecule has 12 rings (SSSR count). The molecule has 4 radical (unpaired) electrons. The Morgan fingerprint density at radius 3 is 0.780 bits per heavy atom. The maximum Gasteiger partial charge on any atom is 0.338 e. The van der Waals surface area contributed by atoms with Crippen molar-refractivity contribution in [3.05, 3.63) is 66.7 Å². The zero-order valence-electron chi connectivity index (χ0n) is 68.5. The summed E-state index contributed by atoms with van der Waals surface area (Å²) in [6.07, 6.45) is -6.90. The van der Waals surface area contributed by atoms with Crippen molar-refractivity contribution in [3.8, 4) is 0 Å². The molecule has 0 aromatic carbocycles. The van der Waals surface area contributed by atoms with Crippen molar-refractivity contribution in [2.24, 2.45) is 33.9 Å². The number of aromatic nitrogens is 16. The first-order valence-electron chi connectivity index (χ1n) is 34.3. The van der Waals surface area contributed by atoms with Crippen LogP contribution < -0.4 is 55.4 Å². The second kappa shape index (κ2) is 57.0. The van der Waals surface area contributed by atoms with Crippen molar-refractivity contribution >= 4 is 176 Å². The molecule has 8 aromatic heterocycles. The average molecular weight is 2440 g/mol. The number of fused-ring (bicyclic) bond motifs is 4. The first kappa shape index (κ1) is 128. The summed E-state index contributed by atoms with van der Waals surface area (Å²) in [5.74, 6) is -3.04. The molecule has 0 bridgehead atoms. The minimum Gasteiger partial charge on any atom is -0.369 e. The number of hydrogen-bond acceptors (Lipinski definition) is 44. The van der Waals surface area contributed by atoms with Crippen LogP contribution in [0.1, 0.15) is 52.6 Å². The summed E-state index contributed by atoms with van der Waals surface area (Å²) >= 11 is 0. The van der Waals surface area contributed by atoms with E-state index in [-0.39, 0.29) is 219 Å². The molecule has 20 atom stereocenters. The molecule has 8 aromatic rings. The average Bonchev–Trinajstić information content (AvgIpc) is 1.62. The van der Waals surface area contributed by atoms with E-state index in [9.17, 15) is 71.1 Å². The Morgan fingerprint density at radius 1 is 0.356 bits per heavy atom. The van der Waals surface area contributed by atoms with E-state index in [2.05, 4.69) is 64.3 Å². The van der Waals surface area contributed by atoms with Crippen LogP contribution in [0.5, 0.6) is 0 Å². The van der Waals surface area contributed by atoms with Gasteiger partial charge in [-0.1, -0.05) is 27.7 Å². The van der Waals surface area contributed by atoms with Gasteiger partial charge in [0, 0.05) is 183 Å². The number of nitrogens with two attached hydrogens (primary N) is 6. The fourth-order valence-corrected chi connectivity index (χ4v) is 15.6. The molecule has 12 unspecified atom stereocenters. The van der Waals surface area contributed by atoms with Crippen molar-refractivity contribution in [2.45, 2.75) is 101 Å². The molecule has 0 amide bonds. The molecule has 28 N–H and O–H groups in total. The van der Waals surface area contributed by atoms with Gasteiger partial charge in [-0.05, 0) is 0 Å². The molecule has 132 heavy (non-hydrogen) atoms. The Kier molecular flexibility index (Phi) is 55.1. The zero-order valence-corrected chi connectivity index (χ0v) is 91.1. The van der Waals surface area contributed by atoms with Crippen LogP contribution >= 0.6 is 66.0 Å². The SMILES string of the molecule is CC1C(OS(=O)(=O)N(C)C)[C@@H](CO[PH](=O)O)O[C@H]1n1cnc2c(=O)[nH]c(N)nc21.CC1C(OS(=O)(=O)N(C)C)[C@H](n2cnc3c(=O)[nH]c(N)nc32)O[C@@H]1CO[PH](=O)O.CC1C(OS(N)(=O)=O)[C@@H](CO[PH](=O)O)O[C@H]1n1cnc2c(=O)[nH]c(N)nc21.CC1C(OS(N)(=O)=O)[C@H](n2cnc3c(=O)[nH]c(N)nc32)O[C@@H]1CO[PH](=O)O.O=[PH](O)O.O=[PH](O)O.O=[PH](O)O.O=[PH](O)O.[Y].[Y].[Y].[Y]. The van der Waals surface area contributed by atoms with Gasteiger partial charge in [0.15, 0.2) is 57.1 Å². The largest absolute Gasteiger partial charge is 0.369 e. The molecule has 68 nitrogen and oxygen atoms in total. The normalized spacial score (nSPS) is 23.8. The van der Waals surface area contributed by atoms with E-state index in [0.29, 0.717) is 0 Å². The summed E-state index contributed by atoms with van der Waals surface area (Å²) in [5, 5.41) is 9.93. The monoisotopic (exact) mass is 2440 g/mol. The smallest absolute Gasteiger partial charge is 0.338 e. The maximum atomic E-state index is 12.3. The van der Waals surface area contributed by atoms with Gasteiger partial charge in [-0.25, -0.2) is 38.6 Å². The van der Waals surface area contributed by atoms with E-state index < -0.39 is 234 Å². The van der Waals surface area contributed by atoms with Crippen LogP contribution in [0.4, 0.5) is 23.8 Å². The van der Waals surface area contributed by atoms with Gasteiger partial charge in [0.05, 0.1) is 63.9 Å². The van der Waals surface area contributed by atoms with Gasteiger partial charge in [-0.15, -0.1) is 0 Å². The third kappa shape index (κ3) is 38.8. The number of nitrogens with zero attached hydrogens (tertiary/aromatic N) is 14. The van der Waals surface area contributed by atoms with Gasteiger partial charge in [0.25, 0.3) is 22.2 Å². The van der Waals surface area contributed by atoms with Crippen LogP contribution in [-0.4, -0.2) is 283 Å². The Hall–Kier alpha value is -2.46. The number of H-pyrrole nitrogens is 4. The molecule has 0 saturated carbocycles. The number of nitrogens with one attached hydrogen (secondary N) is 4. The van der Waals surface area contributed by atoms with Crippen molar-refractivity contribution in [3.63, 3.8) is 0 Å². The molecule has 84 heteroatoms. The Bertz CT molecular complexity index is 6050. The first-order valence-corrected chi connectivity index (χ1v) is 50.3. The number of hydrogen-bond donors (Lipinski definition) is 22. The number of rotatable bonds is 26. The van der Waals surface area contributed by atoms with Gasteiger partial charge >= 0.3 is 107 Å². The van der Waals surface area contributed by atoms with Gasteiger partial charge in [-0.3, -0.25) is 102 Å².